The molecule has 176 valence electrons. The molecule has 2 heterocycles. The molecule has 33 heavy (non-hydrogen) atoms. The van der Waals surface area contributed by atoms with Crippen LogP contribution in [0.25, 0.3) is 11.1 Å². The van der Waals surface area contributed by atoms with Gasteiger partial charge in [0, 0.05) is 13.1 Å². The van der Waals surface area contributed by atoms with Crippen molar-refractivity contribution in [2.45, 2.75) is 17.7 Å². The van der Waals surface area contributed by atoms with Crippen LogP contribution in [0.3, 0.4) is 0 Å². The second kappa shape index (κ2) is 9.26. The van der Waals surface area contributed by atoms with Gasteiger partial charge in [-0.3, -0.25) is 4.79 Å². The number of rotatable bonds is 6. The Morgan fingerprint density at radius 1 is 1.12 bits per heavy atom. The van der Waals surface area contributed by atoms with Crippen molar-refractivity contribution in [3.63, 3.8) is 0 Å². The van der Waals surface area contributed by atoms with Gasteiger partial charge in [-0.15, -0.1) is 0 Å². The molecule has 1 fully saturated rings. The second-order valence-corrected chi connectivity index (χ2v) is 9.83. The summed E-state index contributed by atoms with van der Waals surface area (Å²) >= 11 is 0. The van der Waals surface area contributed by atoms with Crippen molar-refractivity contribution in [3.05, 3.63) is 42.2 Å². The molecule has 2 aliphatic rings. The molecule has 0 aliphatic carbocycles. The van der Waals surface area contributed by atoms with Crippen LogP contribution in [0.5, 0.6) is 11.5 Å². The smallest absolute Gasteiger partial charge is 0.405 e. The van der Waals surface area contributed by atoms with E-state index in [0.29, 0.717) is 43.7 Å². The number of fused-ring (bicyclic) bond motifs is 1. The molecule has 1 saturated heterocycles. The number of nitrogens with two attached hydrogens (primary N) is 1. The van der Waals surface area contributed by atoms with Gasteiger partial charge in [0.05, 0.1) is 6.61 Å². The fourth-order valence-electron chi connectivity index (χ4n) is 3.84. The molecule has 0 spiro atoms. The van der Waals surface area contributed by atoms with Crippen molar-refractivity contribution in [3.8, 4) is 22.6 Å². The van der Waals surface area contributed by atoms with E-state index in [1.54, 1.807) is 23.1 Å². The third kappa shape index (κ3) is 5.19. The van der Waals surface area contributed by atoms with E-state index in [4.69, 9.17) is 15.2 Å². The van der Waals surface area contributed by atoms with Gasteiger partial charge in [0.15, 0.2) is 24.1 Å². The van der Waals surface area contributed by atoms with Crippen molar-refractivity contribution in [2.75, 3.05) is 32.2 Å². The number of hydrogen-bond donors (Lipinski definition) is 1. The zero-order valence-corrected chi connectivity index (χ0v) is 18.5. The van der Waals surface area contributed by atoms with E-state index in [1.807, 2.05) is 0 Å². The molecule has 2 aliphatic heterocycles. The first-order valence-corrected chi connectivity index (χ1v) is 12.0. The molecule has 9 nitrogen and oxygen atoms in total. The van der Waals surface area contributed by atoms with E-state index in [1.165, 1.54) is 18.2 Å². The quantitative estimate of drug-likeness (QED) is 0.675. The molecule has 0 aromatic heterocycles. The van der Waals surface area contributed by atoms with E-state index in [-0.39, 0.29) is 40.8 Å². The van der Waals surface area contributed by atoms with Crippen LogP contribution in [-0.2, 0) is 19.4 Å². The maximum Gasteiger partial charge on any atom is 0.405 e. The Labute approximate surface area is 190 Å². The number of amides is 2. The molecule has 2 aromatic carbocycles. The third-order valence-corrected chi connectivity index (χ3v) is 7.13. The van der Waals surface area contributed by atoms with Gasteiger partial charge >= 0.3 is 6.09 Å². The lowest BCUT2D eigenvalue weighted by atomic mass is 9.98. The predicted molar refractivity (Wildman–Crippen MR) is 115 cm³/mol. The molecular weight excluding hydrogens is 455 g/mol. The fraction of sp³-hybridized carbons (Fsp3) is 0.364. The van der Waals surface area contributed by atoms with Gasteiger partial charge in [-0.25, -0.2) is 17.6 Å². The van der Waals surface area contributed by atoms with E-state index in [9.17, 15) is 22.4 Å². The number of primary amides is 1. The first kappa shape index (κ1) is 22.8. The highest BCUT2D eigenvalue weighted by Crippen LogP contribution is 2.36. The molecule has 2 aromatic rings. The van der Waals surface area contributed by atoms with Gasteiger partial charge in [0.2, 0.25) is 9.84 Å². The Hall–Kier alpha value is -3.34. The lowest BCUT2D eigenvalue weighted by Gasteiger charge is -2.31. The first-order chi connectivity index (χ1) is 15.7. The number of benzene rings is 2. The summed E-state index contributed by atoms with van der Waals surface area (Å²) in [5, 5.41) is 0. The summed E-state index contributed by atoms with van der Waals surface area (Å²) < 4.78 is 53.8. The normalized spacial score (nSPS) is 17.2. The average molecular weight is 478 g/mol. The Bertz CT molecular complexity index is 1180. The summed E-state index contributed by atoms with van der Waals surface area (Å²) in [6, 6.07) is 9.23. The average Bonchev–Trinajstić information content (AvgIpc) is 3.11. The molecule has 0 unspecified atom stereocenters. The molecule has 0 bridgehead atoms. The van der Waals surface area contributed by atoms with Crippen LogP contribution < -0.4 is 15.2 Å². The van der Waals surface area contributed by atoms with Crippen LogP contribution in [-0.4, -0.2) is 57.6 Å². The number of carbonyl (C=O) groups is 2. The maximum absolute atomic E-state index is 14.6. The standard InChI is InChI=1S/C22H23FN2O7S/c23-17-9-15(16-2-4-20-19(10-16)32-13-33(20,28)29)1-3-18(17)30-11-14-5-7-25(8-6-14)21(26)12-31-22(24)27/h1-4,9-10,14H,5-8,11-13H2,(H2,24,27). The predicted octanol–water partition coefficient (Wildman–Crippen LogP) is 2.33. The van der Waals surface area contributed by atoms with Crippen LogP contribution in [0.4, 0.5) is 9.18 Å². The van der Waals surface area contributed by atoms with Gasteiger partial charge in [-0.2, -0.15) is 0 Å². The molecule has 0 atom stereocenters. The van der Waals surface area contributed by atoms with Crippen LogP contribution >= 0.6 is 0 Å². The van der Waals surface area contributed by atoms with Gasteiger partial charge in [0.1, 0.15) is 10.6 Å². The van der Waals surface area contributed by atoms with Crippen molar-refractivity contribution >= 4 is 21.8 Å². The zero-order valence-electron chi connectivity index (χ0n) is 17.7. The highest BCUT2D eigenvalue weighted by atomic mass is 32.2. The van der Waals surface area contributed by atoms with Gasteiger partial charge in [-0.1, -0.05) is 12.1 Å². The summed E-state index contributed by atoms with van der Waals surface area (Å²) in [4.78, 5) is 24.3. The zero-order chi connectivity index (χ0) is 23.6. The highest BCUT2D eigenvalue weighted by Gasteiger charge is 2.28. The Morgan fingerprint density at radius 3 is 2.52 bits per heavy atom. The number of nitrogens with zero attached hydrogens (tertiary/aromatic N) is 1. The number of piperidine rings is 1. The lowest BCUT2D eigenvalue weighted by Crippen LogP contribution is -2.42. The molecule has 0 saturated carbocycles. The summed E-state index contributed by atoms with van der Waals surface area (Å²) in [5.74, 6) is -0.685. The van der Waals surface area contributed by atoms with Crippen LogP contribution in [0.1, 0.15) is 12.8 Å². The Balaban J connectivity index is 1.32. The minimum absolute atomic E-state index is 0.118. The topological polar surface area (TPSA) is 125 Å². The van der Waals surface area contributed by atoms with E-state index in [0.717, 1.165) is 0 Å². The molecular formula is C22H23FN2O7S. The number of halogens is 1. The van der Waals surface area contributed by atoms with Crippen LogP contribution in [0.2, 0.25) is 0 Å². The summed E-state index contributed by atoms with van der Waals surface area (Å²) in [7, 11) is -3.42. The first-order valence-electron chi connectivity index (χ1n) is 10.4. The molecule has 2 N–H and O–H groups in total. The lowest BCUT2D eigenvalue weighted by molar-refractivity contribution is -0.135. The molecule has 0 radical (unpaired) electrons. The SMILES string of the molecule is NC(=O)OCC(=O)N1CCC(COc2ccc(-c3ccc4c(c3)OCS4(=O)=O)cc2F)CC1. The summed E-state index contributed by atoms with van der Waals surface area (Å²) in [5.41, 5.74) is 6.07. The summed E-state index contributed by atoms with van der Waals surface area (Å²) in [6.45, 7) is 0.917. The van der Waals surface area contributed by atoms with Crippen molar-refractivity contribution in [1.82, 2.24) is 4.90 Å². The monoisotopic (exact) mass is 478 g/mol. The molecule has 2 amide bonds. The summed E-state index contributed by atoms with van der Waals surface area (Å²) in [6.07, 6.45) is 0.372. The minimum Gasteiger partial charge on any atom is -0.490 e. The minimum atomic E-state index is -3.42. The third-order valence-electron chi connectivity index (χ3n) is 5.69. The highest BCUT2D eigenvalue weighted by molar-refractivity contribution is 7.91. The largest absolute Gasteiger partial charge is 0.490 e. The van der Waals surface area contributed by atoms with Crippen LogP contribution in [0, 0.1) is 11.7 Å². The van der Waals surface area contributed by atoms with Gasteiger partial charge in [0.25, 0.3) is 5.91 Å². The number of carbonyl (C=O) groups excluding carboxylic acids is 2. The maximum atomic E-state index is 14.6. The number of likely N-dealkylation sites (tertiary alicyclic amines) is 1. The molecule has 11 heteroatoms. The van der Waals surface area contributed by atoms with Gasteiger partial charge in [-0.05, 0) is 54.2 Å². The van der Waals surface area contributed by atoms with E-state index >= 15 is 0 Å². The van der Waals surface area contributed by atoms with Crippen LogP contribution in [0.15, 0.2) is 41.3 Å². The second-order valence-electron chi connectivity index (χ2n) is 7.93. The molecule has 4 rings (SSSR count). The number of hydrogen-bond acceptors (Lipinski definition) is 7. The van der Waals surface area contributed by atoms with Gasteiger partial charge < -0.3 is 24.8 Å². The van der Waals surface area contributed by atoms with Crippen molar-refractivity contribution in [2.24, 2.45) is 11.7 Å². The van der Waals surface area contributed by atoms with Crippen molar-refractivity contribution < 1.29 is 36.6 Å². The van der Waals surface area contributed by atoms with Crippen molar-refractivity contribution in [1.29, 1.82) is 0 Å². The Kier molecular flexibility index (Phi) is 6.41. The van der Waals surface area contributed by atoms with E-state index < -0.39 is 21.7 Å². The number of sulfone groups is 1. The number of ether oxygens (including phenoxy) is 3. The fourth-order valence-corrected chi connectivity index (χ4v) is 4.95. The van der Waals surface area contributed by atoms with E-state index in [2.05, 4.69) is 4.74 Å². The Morgan fingerprint density at radius 2 is 1.82 bits per heavy atom.